The maximum absolute atomic E-state index is 14.2. The van der Waals surface area contributed by atoms with Gasteiger partial charge in [-0.15, -0.1) is 0 Å². The summed E-state index contributed by atoms with van der Waals surface area (Å²) in [5.74, 6) is -2.71. The Labute approximate surface area is 182 Å². The van der Waals surface area contributed by atoms with E-state index in [1.54, 1.807) is 6.08 Å². The van der Waals surface area contributed by atoms with Crippen LogP contribution in [0.4, 0.5) is 8.78 Å². The van der Waals surface area contributed by atoms with Crippen LogP contribution in [0.1, 0.15) is 30.4 Å². The first-order valence-corrected chi connectivity index (χ1v) is 10.2. The third-order valence-corrected chi connectivity index (χ3v) is 6.62. The van der Waals surface area contributed by atoms with E-state index in [9.17, 15) is 18.7 Å². The number of halogens is 4. The fraction of sp³-hybridized carbons (Fsp3) is 0.318. The van der Waals surface area contributed by atoms with E-state index < -0.39 is 28.9 Å². The molecule has 0 aromatic heterocycles. The second kappa shape index (κ2) is 7.61. The molecular formula is C22H19Cl2F2NO3. The molecule has 0 aliphatic carbocycles. The van der Waals surface area contributed by atoms with Gasteiger partial charge in [-0.1, -0.05) is 41.4 Å². The highest BCUT2D eigenvalue weighted by atomic mass is 35.5. The molecule has 0 amide bonds. The van der Waals surface area contributed by atoms with Gasteiger partial charge in [0.15, 0.2) is 5.72 Å². The number of hydrogen-bond acceptors (Lipinski definition) is 4. The zero-order chi connectivity index (χ0) is 21.7. The van der Waals surface area contributed by atoms with Crippen LogP contribution in [0, 0.1) is 11.6 Å². The predicted octanol–water partition coefficient (Wildman–Crippen LogP) is 4.80. The summed E-state index contributed by atoms with van der Waals surface area (Å²) in [6.45, 7) is 0. The number of carbonyl (C=O) groups excluding carboxylic acids is 1. The minimum atomic E-state index is -2.48. The number of benzene rings is 2. The van der Waals surface area contributed by atoms with E-state index in [0.717, 1.165) is 25.0 Å². The molecule has 1 N–H and O–H groups in total. The Balaban J connectivity index is 1.81. The summed E-state index contributed by atoms with van der Waals surface area (Å²) >= 11 is 11.5. The molecule has 0 radical (unpaired) electrons. The lowest BCUT2D eigenvalue weighted by atomic mass is 9.86. The summed E-state index contributed by atoms with van der Waals surface area (Å²) in [6.07, 6.45) is 5.94. The number of ether oxygens (including phenoxy) is 1. The van der Waals surface area contributed by atoms with Gasteiger partial charge < -0.3 is 9.84 Å². The van der Waals surface area contributed by atoms with Crippen molar-refractivity contribution in [2.75, 3.05) is 7.05 Å². The van der Waals surface area contributed by atoms with Gasteiger partial charge in [-0.05, 0) is 50.2 Å². The average Bonchev–Trinajstić information content (AvgIpc) is 2.89. The molecular weight excluding hydrogens is 435 g/mol. The third-order valence-electron chi connectivity index (χ3n) is 6.01. The maximum Gasteiger partial charge on any atom is 0.349 e. The van der Waals surface area contributed by atoms with Crippen LogP contribution in [0.25, 0.3) is 0 Å². The first kappa shape index (κ1) is 21.2. The van der Waals surface area contributed by atoms with Gasteiger partial charge in [0, 0.05) is 23.6 Å². The highest BCUT2D eigenvalue weighted by molar-refractivity contribution is 6.31. The van der Waals surface area contributed by atoms with E-state index in [1.807, 2.05) is 18.0 Å². The van der Waals surface area contributed by atoms with Crippen LogP contribution in [0.5, 0.6) is 0 Å². The third kappa shape index (κ3) is 3.32. The lowest BCUT2D eigenvalue weighted by Crippen LogP contribution is -2.52. The minimum absolute atomic E-state index is 0.135. The van der Waals surface area contributed by atoms with Crippen molar-refractivity contribution in [2.45, 2.75) is 36.6 Å². The van der Waals surface area contributed by atoms with E-state index >= 15 is 0 Å². The van der Waals surface area contributed by atoms with Crippen molar-refractivity contribution in [3.05, 3.63) is 81.4 Å². The largest absolute Gasteiger partial charge is 0.437 e. The summed E-state index contributed by atoms with van der Waals surface area (Å²) in [5, 5.41) is 11.2. The molecule has 2 aromatic carbocycles. The highest BCUT2D eigenvalue weighted by Gasteiger charge is 2.52. The zero-order valence-corrected chi connectivity index (χ0v) is 17.6. The molecule has 0 unspecified atom stereocenters. The lowest BCUT2D eigenvalue weighted by molar-refractivity contribution is -0.187. The number of esters is 1. The summed E-state index contributed by atoms with van der Waals surface area (Å²) in [4.78, 5) is 15.4. The van der Waals surface area contributed by atoms with Crippen LogP contribution < -0.4 is 0 Å². The number of fused-ring (bicyclic) bond motifs is 2. The summed E-state index contributed by atoms with van der Waals surface area (Å²) in [6, 6.07) is 7.12. The molecule has 0 spiro atoms. The van der Waals surface area contributed by atoms with Crippen LogP contribution in [-0.2, 0) is 15.1 Å². The molecule has 2 heterocycles. The van der Waals surface area contributed by atoms with Crippen molar-refractivity contribution in [1.29, 1.82) is 0 Å². The van der Waals surface area contributed by atoms with Crippen LogP contribution in [0.15, 0.2) is 48.6 Å². The van der Waals surface area contributed by atoms with E-state index in [4.69, 9.17) is 27.9 Å². The van der Waals surface area contributed by atoms with E-state index in [2.05, 4.69) is 0 Å². The van der Waals surface area contributed by atoms with Crippen LogP contribution in [0.2, 0.25) is 10.0 Å². The highest BCUT2D eigenvalue weighted by Crippen LogP contribution is 2.43. The predicted molar refractivity (Wildman–Crippen MR) is 109 cm³/mol. The van der Waals surface area contributed by atoms with Crippen molar-refractivity contribution < 1.29 is 23.4 Å². The fourth-order valence-electron chi connectivity index (χ4n) is 4.17. The SMILES string of the molecule is CN1[C@@H]2CC=C[C@@]1(OC(=O)C(O)(c1ccc(Cl)c(F)c1)c1ccc(Cl)c(F)c1)CC2. The summed E-state index contributed by atoms with van der Waals surface area (Å²) in [7, 11) is 1.84. The standard InChI is InChI=1S/C22H19Cl2F2NO3/c1-27-15-3-2-9-21(27,10-8-15)30-20(28)22(29,13-4-6-16(23)18(25)11-13)14-5-7-17(24)19(26)12-14/h2,4-7,9,11-12,15,29H,3,8,10H2,1H3/t15-,21-/m1/s1. The Morgan fingerprint density at radius 3 is 2.27 bits per heavy atom. The quantitative estimate of drug-likeness (QED) is 0.533. The number of likely N-dealkylation sites (N-methyl/N-ethyl adjacent to an activating group) is 1. The van der Waals surface area contributed by atoms with Gasteiger partial charge in [-0.3, -0.25) is 4.90 Å². The zero-order valence-electron chi connectivity index (χ0n) is 16.0. The van der Waals surface area contributed by atoms with E-state index in [0.29, 0.717) is 6.42 Å². The number of nitrogens with zero attached hydrogens (tertiary/aromatic N) is 1. The number of hydrogen-bond donors (Lipinski definition) is 1. The molecule has 8 heteroatoms. The van der Waals surface area contributed by atoms with Gasteiger partial charge in [-0.25, -0.2) is 13.6 Å². The van der Waals surface area contributed by atoms with Crippen molar-refractivity contribution in [3.63, 3.8) is 0 Å². The second-order valence-electron chi connectivity index (χ2n) is 7.64. The molecule has 2 aliphatic heterocycles. The van der Waals surface area contributed by atoms with Crippen LogP contribution in [0.3, 0.4) is 0 Å². The molecule has 158 valence electrons. The van der Waals surface area contributed by atoms with Crippen molar-refractivity contribution in [1.82, 2.24) is 4.90 Å². The lowest BCUT2D eigenvalue weighted by Gasteiger charge is -2.40. The second-order valence-corrected chi connectivity index (χ2v) is 8.46. The Bertz CT molecular complexity index is 994. The Kier molecular flexibility index (Phi) is 5.39. The van der Waals surface area contributed by atoms with E-state index in [-0.39, 0.29) is 27.2 Å². The average molecular weight is 454 g/mol. The monoisotopic (exact) mass is 453 g/mol. The van der Waals surface area contributed by atoms with Gasteiger partial charge >= 0.3 is 5.97 Å². The number of carbonyl (C=O) groups is 1. The maximum atomic E-state index is 14.2. The van der Waals surface area contributed by atoms with Gasteiger partial charge in [0.05, 0.1) is 10.0 Å². The van der Waals surface area contributed by atoms with Crippen molar-refractivity contribution >= 4 is 29.2 Å². The fourth-order valence-corrected chi connectivity index (χ4v) is 4.41. The molecule has 4 nitrogen and oxygen atoms in total. The number of rotatable bonds is 4. The Morgan fingerprint density at radius 1 is 1.17 bits per heavy atom. The molecule has 0 saturated carbocycles. The molecule has 4 rings (SSSR count). The van der Waals surface area contributed by atoms with Gasteiger partial charge in [0.25, 0.3) is 0 Å². The van der Waals surface area contributed by atoms with Crippen molar-refractivity contribution in [3.8, 4) is 0 Å². The Morgan fingerprint density at radius 2 is 1.73 bits per heavy atom. The van der Waals surface area contributed by atoms with E-state index in [1.165, 1.54) is 24.3 Å². The first-order valence-electron chi connectivity index (χ1n) is 9.45. The van der Waals surface area contributed by atoms with Gasteiger partial charge in [0.2, 0.25) is 5.60 Å². The normalized spacial score (nSPS) is 23.6. The van der Waals surface area contributed by atoms with Gasteiger partial charge in [-0.2, -0.15) is 0 Å². The molecule has 2 aromatic rings. The molecule has 2 aliphatic rings. The van der Waals surface area contributed by atoms with Crippen LogP contribution >= 0.6 is 23.2 Å². The topological polar surface area (TPSA) is 49.8 Å². The summed E-state index contributed by atoms with van der Waals surface area (Å²) < 4.78 is 34.2. The molecule has 2 atom stereocenters. The Hall–Kier alpha value is -1.99. The molecule has 1 saturated heterocycles. The number of aliphatic hydroxyl groups is 1. The molecule has 2 bridgehead atoms. The molecule has 30 heavy (non-hydrogen) atoms. The minimum Gasteiger partial charge on any atom is -0.437 e. The first-order chi connectivity index (χ1) is 14.2. The summed E-state index contributed by atoms with van der Waals surface area (Å²) in [5.41, 5.74) is -3.77. The van der Waals surface area contributed by atoms with Gasteiger partial charge in [0.1, 0.15) is 11.6 Å². The smallest absolute Gasteiger partial charge is 0.349 e. The molecule has 1 fully saturated rings. The van der Waals surface area contributed by atoms with Crippen LogP contribution in [-0.4, -0.2) is 34.8 Å². The van der Waals surface area contributed by atoms with Crippen molar-refractivity contribution in [2.24, 2.45) is 0 Å².